The topological polar surface area (TPSA) is 29.5 Å². The first-order valence-electron chi connectivity index (χ1n) is 6.91. The van der Waals surface area contributed by atoms with Gasteiger partial charge in [-0.15, -0.1) is 0 Å². The SMILES string of the molecule is CC(=S)CC(=CC(=O)Oc1ccccc1)N(C)[Si](C)(C)C. The Morgan fingerprint density at radius 1 is 1.29 bits per heavy atom. The Hall–Kier alpha value is -1.46. The molecule has 0 spiro atoms. The van der Waals surface area contributed by atoms with Crippen LogP contribution in [-0.4, -0.2) is 30.7 Å². The van der Waals surface area contributed by atoms with Gasteiger partial charge in [-0.25, -0.2) is 4.79 Å². The van der Waals surface area contributed by atoms with Crippen LogP contribution in [0.25, 0.3) is 0 Å². The molecule has 5 heteroatoms. The van der Waals surface area contributed by atoms with Crippen molar-refractivity contribution in [2.24, 2.45) is 0 Å². The molecule has 0 saturated heterocycles. The lowest BCUT2D eigenvalue weighted by molar-refractivity contribution is -0.129. The zero-order chi connectivity index (χ0) is 16.0. The molecule has 21 heavy (non-hydrogen) atoms. The van der Waals surface area contributed by atoms with Crippen LogP contribution >= 0.6 is 12.2 Å². The van der Waals surface area contributed by atoms with Gasteiger partial charge >= 0.3 is 5.97 Å². The molecule has 0 N–H and O–H groups in total. The van der Waals surface area contributed by atoms with Crippen molar-refractivity contribution in [3.05, 3.63) is 42.1 Å². The van der Waals surface area contributed by atoms with E-state index in [2.05, 4.69) is 24.2 Å². The summed E-state index contributed by atoms with van der Waals surface area (Å²) in [6, 6.07) is 9.08. The standard InChI is InChI=1S/C16H23NO2SSi/c1-13(20)11-14(17(2)21(3,4)5)12-16(18)19-15-9-7-6-8-10-15/h6-10,12H,11H2,1-5H3. The number of carbonyl (C=O) groups excluding carboxylic acids is 1. The van der Waals surface area contributed by atoms with E-state index in [0.29, 0.717) is 12.2 Å². The molecule has 1 rings (SSSR count). The van der Waals surface area contributed by atoms with E-state index in [9.17, 15) is 4.79 Å². The zero-order valence-electron chi connectivity index (χ0n) is 13.3. The van der Waals surface area contributed by atoms with E-state index in [1.807, 2.05) is 32.2 Å². The van der Waals surface area contributed by atoms with Crippen LogP contribution in [0, 0.1) is 0 Å². The molecule has 0 atom stereocenters. The van der Waals surface area contributed by atoms with Crippen molar-refractivity contribution in [2.75, 3.05) is 7.05 Å². The van der Waals surface area contributed by atoms with Crippen LogP contribution in [0.2, 0.25) is 19.6 Å². The summed E-state index contributed by atoms with van der Waals surface area (Å²) in [6.07, 6.45) is 2.17. The molecule has 0 heterocycles. The van der Waals surface area contributed by atoms with E-state index in [4.69, 9.17) is 17.0 Å². The second kappa shape index (κ2) is 7.52. The van der Waals surface area contributed by atoms with Gasteiger partial charge in [-0.3, -0.25) is 0 Å². The van der Waals surface area contributed by atoms with E-state index in [-0.39, 0.29) is 5.97 Å². The van der Waals surface area contributed by atoms with Gasteiger partial charge in [0.1, 0.15) is 14.0 Å². The van der Waals surface area contributed by atoms with E-state index < -0.39 is 8.24 Å². The first-order valence-corrected chi connectivity index (χ1v) is 10.8. The van der Waals surface area contributed by atoms with Crippen LogP contribution in [0.1, 0.15) is 13.3 Å². The Labute approximate surface area is 133 Å². The number of para-hydroxylation sites is 1. The monoisotopic (exact) mass is 321 g/mol. The number of ether oxygens (including phenoxy) is 1. The van der Waals surface area contributed by atoms with E-state index in [1.165, 1.54) is 0 Å². The minimum atomic E-state index is -1.55. The molecule has 0 aliphatic rings. The van der Waals surface area contributed by atoms with Gasteiger partial charge < -0.3 is 9.30 Å². The molecule has 1 aromatic rings. The number of thiocarbonyl (C=S) groups is 1. The molecular formula is C16H23NO2SSi. The van der Waals surface area contributed by atoms with Gasteiger partial charge in [0.05, 0.1) is 0 Å². The van der Waals surface area contributed by atoms with Crippen LogP contribution < -0.4 is 4.74 Å². The number of allylic oxidation sites excluding steroid dienone is 1. The van der Waals surface area contributed by atoms with Crippen molar-refractivity contribution >= 4 is 31.3 Å². The van der Waals surface area contributed by atoms with E-state index in [0.717, 1.165) is 10.6 Å². The summed E-state index contributed by atoms with van der Waals surface area (Å²) in [5.74, 6) is 0.186. The average Bonchev–Trinajstić information content (AvgIpc) is 2.36. The fourth-order valence-corrected chi connectivity index (χ4v) is 2.88. The lowest BCUT2D eigenvalue weighted by Gasteiger charge is -2.34. The zero-order valence-corrected chi connectivity index (χ0v) is 15.2. The number of rotatable bonds is 6. The molecule has 0 aliphatic carbocycles. The maximum Gasteiger partial charge on any atom is 0.337 e. The Kier molecular flexibility index (Phi) is 6.30. The lowest BCUT2D eigenvalue weighted by Crippen LogP contribution is -2.42. The second-order valence-corrected chi connectivity index (χ2v) is 11.7. The molecule has 0 unspecified atom stereocenters. The number of hydrogen-bond acceptors (Lipinski definition) is 4. The summed E-state index contributed by atoms with van der Waals surface area (Å²) in [7, 11) is 0.468. The van der Waals surface area contributed by atoms with Crippen molar-refractivity contribution < 1.29 is 9.53 Å². The molecule has 3 nitrogen and oxygen atoms in total. The van der Waals surface area contributed by atoms with Crippen LogP contribution in [0.5, 0.6) is 5.75 Å². The van der Waals surface area contributed by atoms with Gasteiger partial charge in [0, 0.05) is 18.2 Å². The summed E-state index contributed by atoms with van der Waals surface area (Å²) in [6.45, 7) is 8.57. The van der Waals surface area contributed by atoms with Crippen molar-refractivity contribution in [3.8, 4) is 5.75 Å². The van der Waals surface area contributed by atoms with Crippen LogP contribution in [0.3, 0.4) is 0 Å². The molecule has 0 aliphatic heterocycles. The third-order valence-electron chi connectivity index (χ3n) is 3.11. The van der Waals surface area contributed by atoms with Gasteiger partial charge in [0.2, 0.25) is 0 Å². The van der Waals surface area contributed by atoms with Gasteiger partial charge in [-0.1, -0.05) is 50.1 Å². The van der Waals surface area contributed by atoms with Gasteiger partial charge in [-0.05, 0) is 31.0 Å². The highest BCUT2D eigenvalue weighted by Gasteiger charge is 2.23. The average molecular weight is 322 g/mol. The molecule has 114 valence electrons. The normalized spacial score (nSPS) is 12.0. The van der Waals surface area contributed by atoms with Crippen molar-refractivity contribution in [3.63, 3.8) is 0 Å². The summed E-state index contributed by atoms with van der Waals surface area (Å²) in [4.78, 5) is 12.9. The highest BCUT2D eigenvalue weighted by atomic mass is 32.1. The van der Waals surface area contributed by atoms with E-state index in [1.54, 1.807) is 18.2 Å². The first-order chi connectivity index (χ1) is 9.70. The highest BCUT2D eigenvalue weighted by molar-refractivity contribution is 7.80. The summed E-state index contributed by atoms with van der Waals surface area (Å²) in [5.41, 5.74) is 0.919. The molecule has 0 saturated carbocycles. The molecule has 0 fully saturated rings. The largest absolute Gasteiger partial charge is 0.423 e. The number of benzene rings is 1. The van der Waals surface area contributed by atoms with Crippen molar-refractivity contribution in [1.82, 2.24) is 4.57 Å². The lowest BCUT2D eigenvalue weighted by atomic mass is 10.2. The molecule has 1 aromatic carbocycles. The molecular weight excluding hydrogens is 298 g/mol. The Balaban J connectivity index is 2.91. The van der Waals surface area contributed by atoms with Gasteiger partial charge in [-0.2, -0.15) is 0 Å². The molecule has 0 bridgehead atoms. The molecule has 0 radical (unpaired) electrons. The number of esters is 1. The predicted octanol–water partition coefficient (Wildman–Crippen LogP) is 4.02. The fraction of sp³-hybridized carbons (Fsp3) is 0.375. The summed E-state index contributed by atoms with van der Waals surface area (Å²) >= 11 is 5.19. The van der Waals surface area contributed by atoms with Crippen molar-refractivity contribution in [1.29, 1.82) is 0 Å². The number of hydrogen-bond donors (Lipinski definition) is 0. The highest BCUT2D eigenvalue weighted by Crippen LogP contribution is 2.18. The quantitative estimate of drug-likeness (QED) is 0.260. The molecule has 0 aromatic heterocycles. The third kappa shape index (κ3) is 6.22. The number of nitrogens with zero attached hydrogens (tertiary/aromatic N) is 1. The Bertz CT molecular complexity index is 535. The maximum absolute atomic E-state index is 12.1. The number of carbonyl (C=O) groups is 1. The molecule has 0 amide bonds. The minimum Gasteiger partial charge on any atom is -0.423 e. The third-order valence-corrected chi connectivity index (χ3v) is 5.56. The van der Waals surface area contributed by atoms with Crippen molar-refractivity contribution in [2.45, 2.75) is 33.0 Å². The summed E-state index contributed by atoms with van der Waals surface area (Å²) < 4.78 is 7.51. The first kappa shape index (κ1) is 17.6. The van der Waals surface area contributed by atoms with Gasteiger partial charge in [0.15, 0.2) is 0 Å². The Morgan fingerprint density at radius 2 is 1.86 bits per heavy atom. The van der Waals surface area contributed by atoms with Gasteiger partial charge in [0.25, 0.3) is 0 Å². The predicted molar refractivity (Wildman–Crippen MR) is 94.2 cm³/mol. The van der Waals surface area contributed by atoms with Crippen LogP contribution in [0.4, 0.5) is 0 Å². The smallest absolute Gasteiger partial charge is 0.337 e. The minimum absolute atomic E-state index is 0.363. The second-order valence-electron chi connectivity index (χ2n) is 5.98. The van der Waals surface area contributed by atoms with Crippen LogP contribution in [-0.2, 0) is 4.79 Å². The maximum atomic E-state index is 12.1. The fourth-order valence-electron chi connectivity index (χ4n) is 1.72. The van der Waals surface area contributed by atoms with Crippen LogP contribution in [0.15, 0.2) is 42.1 Å². The summed E-state index contributed by atoms with van der Waals surface area (Å²) in [5, 5.41) is 0. The Morgan fingerprint density at radius 3 is 2.33 bits per heavy atom. The van der Waals surface area contributed by atoms with E-state index >= 15 is 0 Å².